The summed E-state index contributed by atoms with van der Waals surface area (Å²) in [4.78, 5) is 3.93. The number of ether oxygens (including phenoxy) is 1. The van der Waals surface area contributed by atoms with Crippen LogP contribution in [0.15, 0.2) is 41.4 Å². The molecule has 21 heavy (non-hydrogen) atoms. The average Bonchev–Trinajstić information content (AvgIpc) is 2.40. The lowest BCUT2D eigenvalue weighted by molar-refractivity contribution is 0.327. The Morgan fingerprint density at radius 1 is 1.33 bits per heavy atom. The van der Waals surface area contributed by atoms with Crippen molar-refractivity contribution in [2.24, 2.45) is 0 Å². The molecule has 0 amide bonds. The smallest absolute Gasteiger partial charge is 0.263 e. The summed E-state index contributed by atoms with van der Waals surface area (Å²) in [6, 6.07) is 7.33. The number of sulfonamides is 1. The predicted molar refractivity (Wildman–Crippen MR) is 82.1 cm³/mol. The van der Waals surface area contributed by atoms with Gasteiger partial charge in [-0.15, -0.1) is 0 Å². The van der Waals surface area contributed by atoms with Crippen molar-refractivity contribution in [2.75, 3.05) is 17.1 Å². The number of hydrogen-bond acceptors (Lipinski definition) is 5. The molecule has 0 aliphatic heterocycles. The van der Waals surface area contributed by atoms with Crippen LogP contribution >= 0.6 is 11.6 Å². The van der Waals surface area contributed by atoms with E-state index in [4.69, 9.17) is 22.1 Å². The van der Waals surface area contributed by atoms with Gasteiger partial charge in [-0.1, -0.05) is 11.6 Å². The molecule has 0 saturated heterocycles. The van der Waals surface area contributed by atoms with Crippen molar-refractivity contribution in [1.82, 2.24) is 4.98 Å². The van der Waals surface area contributed by atoms with Crippen molar-refractivity contribution in [1.29, 1.82) is 0 Å². The first-order valence-corrected chi connectivity index (χ1v) is 7.95. The monoisotopic (exact) mass is 327 g/mol. The van der Waals surface area contributed by atoms with Gasteiger partial charge in [-0.2, -0.15) is 0 Å². The van der Waals surface area contributed by atoms with E-state index in [-0.39, 0.29) is 9.92 Å². The first kappa shape index (κ1) is 15.4. The number of pyridine rings is 1. The molecule has 1 aromatic heterocycles. The summed E-state index contributed by atoms with van der Waals surface area (Å²) in [5.74, 6) is 0.422. The largest absolute Gasteiger partial charge is 0.478 e. The highest BCUT2D eigenvalue weighted by atomic mass is 35.5. The molecular formula is C13H14ClN3O3S. The molecule has 0 bridgehead atoms. The Morgan fingerprint density at radius 3 is 2.67 bits per heavy atom. The van der Waals surface area contributed by atoms with Gasteiger partial charge < -0.3 is 10.5 Å². The normalized spacial score (nSPS) is 11.1. The third-order valence-electron chi connectivity index (χ3n) is 2.53. The SMILES string of the molecule is CCOc1ccc(NS(=O)(=O)c2ccc(N)cc2Cl)cn1. The Balaban J connectivity index is 2.24. The molecule has 0 unspecified atom stereocenters. The number of nitrogens with two attached hydrogens (primary N) is 1. The fraction of sp³-hybridized carbons (Fsp3) is 0.154. The molecule has 1 heterocycles. The molecule has 8 heteroatoms. The maximum atomic E-state index is 12.2. The lowest BCUT2D eigenvalue weighted by Crippen LogP contribution is -2.13. The molecule has 0 aliphatic carbocycles. The van der Waals surface area contributed by atoms with E-state index in [1.54, 1.807) is 12.1 Å². The topological polar surface area (TPSA) is 94.3 Å². The van der Waals surface area contributed by atoms with Gasteiger partial charge in [-0.05, 0) is 31.2 Å². The second-order valence-corrected chi connectivity index (χ2v) is 6.17. The molecule has 2 aromatic rings. The standard InChI is InChI=1S/C13H14ClN3O3S/c1-2-20-13-6-4-10(8-16-13)17-21(18,19)12-5-3-9(15)7-11(12)14/h3-8,17H,2,15H2,1H3. The highest BCUT2D eigenvalue weighted by Crippen LogP contribution is 2.25. The van der Waals surface area contributed by atoms with Crippen molar-refractivity contribution >= 4 is 33.0 Å². The van der Waals surface area contributed by atoms with Gasteiger partial charge in [0, 0.05) is 11.8 Å². The minimum atomic E-state index is -3.80. The molecule has 0 saturated carbocycles. The van der Waals surface area contributed by atoms with Crippen LogP contribution in [0.1, 0.15) is 6.92 Å². The van der Waals surface area contributed by atoms with Crippen molar-refractivity contribution in [2.45, 2.75) is 11.8 Å². The second-order valence-electron chi connectivity index (χ2n) is 4.11. The zero-order chi connectivity index (χ0) is 15.5. The van der Waals surface area contributed by atoms with Crippen LogP contribution in [0.5, 0.6) is 5.88 Å². The number of anilines is 2. The molecule has 0 radical (unpaired) electrons. The van der Waals surface area contributed by atoms with Gasteiger partial charge in [0.05, 0.1) is 23.5 Å². The van der Waals surface area contributed by atoms with E-state index in [1.165, 1.54) is 24.4 Å². The van der Waals surface area contributed by atoms with Crippen LogP contribution in [-0.4, -0.2) is 20.0 Å². The molecular weight excluding hydrogens is 314 g/mol. The molecule has 3 N–H and O–H groups in total. The van der Waals surface area contributed by atoms with E-state index < -0.39 is 10.0 Å². The van der Waals surface area contributed by atoms with Gasteiger partial charge in [0.25, 0.3) is 10.0 Å². The van der Waals surface area contributed by atoms with Gasteiger partial charge in [0.1, 0.15) is 4.90 Å². The van der Waals surface area contributed by atoms with Crippen molar-refractivity contribution in [3.05, 3.63) is 41.6 Å². The van der Waals surface area contributed by atoms with Gasteiger partial charge >= 0.3 is 0 Å². The lowest BCUT2D eigenvalue weighted by atomic mass is 10.3. The van der Waals surface area contributed by atoms with E-state index >= 15 is 0 Å². The van der Waals surface area contributed by atoms with Crippen LogP contribution in [0.2, 0.25) is 5.02 Å². The van der Waals surface area contributed by atoms with Gasteiger partial charge in [-0.25, -0.2) is 13.4 Å². The van der Waals surface area contributed by atoms with Gasteiger partial charge in [0.15, 0.2) is 0 Å². The number of nitrogen functional groups attached to an aromatic ring is 1. The van der Waals surface area contributed by atoms with E-state index in [0.29, 0.717) is 23.9 Å². The summed E-state index contributed by atoms with van der Waals surface area (Å²) in [5, 5.41) is 0.0568. The van der Waals surface area contributed by atoms with Gasteiger partial charge in [-0.3, -0.25) is 4.72 Å². The van der Waals surface area contributed by atoms with Crippen LogP contribution in [0, 0.1) is 0 Å². The number of aromatic nitrogens is 1. The maximum absolute atomic E-state index is 12.2. The van der Waals surface area contributed by atoms with E-state index in [9.17, 15) is 8.42 Å². The highest BCUT2D eigenvalue weighted by molar-refractivity contribution is 7.92. The molecule has 0 aliphatic rings. The Labute approximate surface area is 128 Å². The fourth-order valence-electron chi connectivity index (χ4n) is 1.62. The number of benzene rings is 1. The van der Waals surface area contributed by atoms with Gasteiger partial charge in [0.2, 0.25) is 5.88 Å². The minimum absolute atomic E-state index is 0.0488. The summed E-state index contributed by atoms with van der Waals surface area (Å²) in [7, 11) is -3.80. The second kappa shape index (κ2) is 6.19. The van der Waals surface area contributed by atoms with Crippen LogP contribution in [0.25, 0.3) is 0 Å². The molecule has 2 rings (SSSR count). The van der Waals surface area contributed by atoms with E-state index in [0.717, 1.165) is 0 Å². The average molecular weight is 328 g/mol. The molecule has 0 spiro atoms. The Hall–Kier alpha value is -1.99. The number of hydrogen-bond donors (Lipinski definition) is 2. The predicted octanol–water partition coefficient (Wildman–Crippen LogP) is 2.52. The summed E-state index contributed by atoms with van der Waals surface area (Å²) in [5.41, 5.74) is 6.25. The summed E-state index contributed by atoms with van der Waals surface area (Å²) in [6.45, 7) is 2.32. The Kier molecular flexibility index (Phi) is 4.54. The third kappa shape index (κ3) is 3.77. The number of halogens is 1. The van der Waals surface area contributed by atoms with Crippen molar-refractivity contribution in [3.63, 3.8) is 0 Å². The van der Waals surface area contributed by atoms with Crippen LogP contribution < -0.4 is 15.2 Å². The third-order valence-corrected chi connectivity index (χ3v) is 4.39. The zero-order valence-electron chi connectivity index (χ0n) is 11.2. The van der Waals surface area contributed by atoms with Crippen LogP contribution in [0.4, 0.5) is 11.4 Å². The summed E-state index contributed by atoms with van der Waals surface area (Å²) in [6.07, 6.45) is 1.37. The Morgan fingerprint density at radius 2 is 2.10 bits per heavy atom. The number of nitrogens with zero attached hydrogens (tertiary/aromatic N) is 1. The molecule has 1 aromatic carbocycles. The molecule has 6 nitrogen and oxygen atoms in total. The molecule has 0 fully saturated rings. The number of rotatable bonds is 5. The molecule has 112 valence electrons. The highest BCUT2D eigenvalue weighted by Gasteiger charge is 2.18. The number of nitrogens with one attached hydrogen (secondary N) is 1. The lowest BCUT2D eigenvalue weighted by Gasteiger charge is -2.10. The first-order chi connectivity index (χ1) is 9.92. The minimum Gasteiger partial charge on any atom is -0.478 e. The maximum Gasteiger partial charge on any atom is 0.263 e. The first-order valence-electron chi connectivity index (χ1n) is 6.09. The quantitative estimate of drug-likeness (QED) is 0.823. The van der Waals surface area contributed by atoms with Crippen LogP contribution in [0.3, 0.4) is 0 Å². The molecule has 0 atom stereocenters. The van der Waals surface area contributed by atoms with Crippen molar-refractivity contribution < 1.29 is 13.2 Å². The summed E-state index contributed by atoms with van der Waals surface area (Å²) >= 11 is 5.91. The zero-order valence-corrected chi connectivity index (χ0v) is 12.8. The van der Waals surface area contributed by atoms with Crippen LogP contribution in [-0.2, 0) is 10.0 Å². The Bertz CT molecular complexity index is 733. The fourth-order valence-corrected chi connectivity index (χ4v) is 3.22. The summed E-state index contributed by atoms with van der Waals surface area (Å²) < 4.78 is 32.1. The van der Waals surface area contributed by atoms with E-state index in [2.05, 4.69) is 9.71 Å². The van der Waals surface area contributed by atoms with Crippen molar-refractivity contribution in [3.8, 4) is 5.88 Å². The van der Waals surface area contributed by atoms with E-state index in [1.807, 2.05) is 6.92 Å².